The van der Waals surface area contributed by atoms with Crippen LogP contribution in [0.4, 0.5) is 4.79 Å². The Morgan fingerprint density at radius 2 is 2.00 bits per heavy atom. The number of nitrogens with zero attached hydrogens (tertiary/aromatic N) is 2. The van der Waals surface area contributed by atoms with Crippen molar-refractivity contribution in [3.8, 4) is 0 Å². The van der Waals surface area contributed by atoms with Crippen molar-refractivity contribution in [2.45, 2.75) is 53.6 Å². The Balaban J connectivity index is 1.82. The Hall–Kier alpha value is -2.88. The molecule has 2 amide bonds. The van der Waals surface area contributed by atoms with Crippen molar-refractivity contribution in [1.82, 2.24) is 20.4 Å². The first-order valence-electron chi connectivity index (χ1n) is 10.4. The molecule has 10 heteroatoms. The van der Waals surface area contributed by atoms with Crippen molar-refractivity contribution in [3.05, 3.63) is 27.9 Å². The summed E-state index contributed by atoms with van der Waals surface area (Å²) < 4.78 is 12.5. The van der Waals surface area contributed by atoms with Gasteiger partial charge in [0.05, 0.1) is 29.6 Å². The summed E-state index contributed by atoms with van der Waals surface area (Å²) in [6, 6.07) is 0.825. The molecule has 2 aromatic rings. The molecule has 1 aliphatic rings. The second kappa shape index (κ2) is 9.51. The van der Waals surface area contributed by atoms with E-state index in [0.717, 1.165) is 22.5 Å². The minimum Gasteiger partial charge on any atom is -0.463 e. The predicted molar refractivity (Wildman–Crippen MR) is 117 cm³/mol. The highest BCUT2D eigenvalue weighted by atomic mass is 32.1. The average molecular weight is 449 g/mol. The zero-order chi connectivity index (χ0) is 22.7. The number of carbonyl (C=O) groups excluding carboxylic acids is 3. The van der Waals surface area contributed by atoms with E-state index in [-0.39, 0.29) is 24.5 Å². The average Bonchev–Trinajstić information content (AvgIpc) is 3.26. The summed E-state index contributed by atoms with van der Waals surface area (Å²) >= 11 is 1.32. The van der Waals surface area contributed by atoms with Gasteiger partial charge in [-0.25, -0.2) is 14.4 Å². The Kier molecular flexibility index (Phi) is 6.99. The Morgan fingerprint density at radius 3 is 2.65 bits per heavy atom. The highest BCUT2D eigenvalue weighted by molar-refractivity contribution is 7.20. The highest BCUT2D eigenvalue weighted by Gasteiger charge is 2.32. The van der Waals surface area contributed by atoms with Gasteiger partial charge in [-0.1, -0.05) is 20.8 Å². The van der Waals surface area contributed by atoms with Crippen LogP contribution in [0.1, 0.15) is 49.5 Å². The maximum Gasteiger partial charge on any atom is 0.348 e. The summed E-state index contributed by atoms with van der Waals surface area (Å²) in [5.41, 5.74) is 1.37. The number of ether oxygens (including phenoxy) is 2. The standard InChI is InChI=1S/C21H28N4O5S/c1-6-14-17(20(27)29-7-2)15(23-21(28)22-14)10-30-19(26)16-8-13-12(5)24-25(9-11(3)4)18(13)31-16/h8,11,14H,6-7,9-10H2,1-5H3,(H2,22,23,28)/t14-/m0/s1. The van der Waals surface area contributed by atoms with Crippen molar-refractivity contribution >= 4 is 39.5 Å². The lowest BCUT2D eigenvalue weighted by atomic mass is 10.0. The van der Waals surface area contributed by atoms with Crippen molar-refractivity contribution in [2.24, 2.45) is 5.92 Å². The molecule has 1 aliphatic heterocycles. The van der Waals surface area contributed by atoms with Crippen LogP contribution in [0.3, 0.4) is 0 Å². The molecule has 3 heterocycles. The van der Waals surface area contributed by atoms with Crippen LogP contribution < -0.4 is 10.6 Å². The van der Waals surface area contributed by atoms with E-state index in [0.29, 0.717) is 17.2 Å². The first-order chi connectivity index (χ1) is 14.7. The second-order valence-electron chi connectivity index (χ2n) is 7.74. The van der Waals surface area contributed by atoms with E-state index >= 15 is 0 Å². The van der Waals surface area contributed by atoms with Gasteiger partial charge in [0, 0.05) is 11.9 Å². The number of carbonyl (C=O) groups is 3. The smallest absolute Gasteiger partial charge is 0.348 e. The van der Waals surface area contributed by atoms with Crippen LogP contribution in [-0.2, 0) is 20.8 Å². The molecule has 0 saturated carbocycles. The van der Waals surface area contributed by atoms with Crippen molar-refractivity contribution in [2.75, 3.05) is 13.2 Å². The number of amides is 2. The number of aromatic nitrogens is 2. The number of thiophene rings is 1. The van der Waals surface area contributed by atoms with Gasteiger partial charge in [-0.15, -0.1) is 11.3 Å². The van der Waals surface area contributed by atoms with Crippen LogP contribution in [0.5, 0.6) is 0 Å². The van der Waals surface area contributed by atoms with Crippen LogP contribution in [0.25, 0.3) is 10.2 Å². The summed E-state index contributed by atoms with van der Waals surface area (Å²) in [6.07, 6.45) is 0.501. The predicted octanol–water partition coefficient (Wildman–Crippen LogP) is 3.13. The summed E-state index contributed by atoms with van der Waals surface area (Å²) in [4.78, 5) is 38.5. The van der Waals surface area contributed by atoms with E-state index < -0.39 is 24.0 Å². The lowest BCUT2D eigenvalue weighted by molar-refractivity contribution is -0.139. The molecule has 0 fully saturated rings. The topological polar surface area (TPSA) is 112 Å². The number of fused-ring (bicyclic) bond motifs is 1. The van der Waals surface area contributed by atoms with Crippen LogP contribution in [-0.4, -0.2) is 47.0 Å². The van der Waals surface area contributed by atoms with E-state index in [1.54, 1.807) is 13.0 Å². The molecule has 2 N–H and O–H groups in total. The molecule has 0 saturated heterocycles. The van der Waals surface area contributed by atoms with E-state index in [4.69, 9.17) is 9.47 Å². The minimum atomic E-state index is -0.542. The molecule has 0 aliphatic carbocycles. The number of nitrogens with one attached hydrogen (secondary N) is 2. The third kappa shape index (κ3) is 4.90. The number of hydrogen-bond donors (Lipinski definition) is 2. The zero-order valence-electron chi connectivity index (χ0n) is 18.4. The van der Waals surface area contributed by atoms with E-state index in [2.05, 4.69) is 29.6 Å². The number of aryl methyl sites for hydroxylation is 1. The van der Waals surface area contributed by atoms with Gasteiger partial charge in [-0.3, -0.25) is 4.68 Å². The summed E-state index contributed by atoms with van der Waals surface area (Å²) in [5.74, 6) is -0.643. The lowest BCUT2D eigenvalue weighted by Crippen LogP contribution is -2.51. The van der Waals surface area contributed by atoms with Gasteiger partial charge in [0.1, 0.15) is 16.3 Å². The molecule has 3 rings (SSSR count). The van der Waals surface area contributed by atoms with Gasteiger partial charge in [-0.05, 0) is 32.3 Å². The third-order valence-corrected chi connectivity index (χ3v) is 5.97. The first kappa shape index (κ1) is 22.8. The fraction of sp³-hybridized carbons (Fsp3) is 0.524. The minimum absolute atomic E-state index is 0.203. The van der Waals surface area contributed by atoms with Gasteiger partial charge >= 0.3 is 18.0 Å². The van der Waals surface area contributed by atoms with Crippen molar-refractivity contribution in [1.29, 1.82) is 0 Å². The highest BCUT2D eigenvalue weighted by Crippen LogP contribution is 2.29. The Morgan fingerprint density at radius 1 is 1.26 bits per heavy atom. The molecule has 9 nitrogen and oxygen atoms in total. The molecule has 0 unspecified atom stereocenters. The molecule has 0 radical (unpaired) electrons. The van der Waals surface area contributed by atoms with E-state index in [9.17, 15) is 14.4 Å². The van der Waals surface area contributed by atoms with Crippen molar-refractivity contribution in [3.63, 3.8) is 0 Å². The quantitative estimate of drug-likeness (QED) is 0.600. The van der Waals surface area contributed by atoms with Crippen LogP contribution in [0.15, 0.2) is 17.3 Å². The number of hydrogen-bond acceptors (Lipinski definition) is 7. The van der Waals surface area contributed by atoms with E-state index in [1.165, 1.54) is 11.3 Å². The number of urea groups is 1. The lowest BCUT2D eigenvalue weighted by Gasteiger charge is -2.28. The molecule has 2 aromatic heterocycles. The molecule has 168 valence electrons. The fourth-order valence-electron chi connectivity index (χ4n) is 3.47. The van der Waals surface area contributed by atoms with Gasteiger partial charge < -0.3 is 20.1 Å². The molecule has 1 atom stereocenters. The van der Waals surface area contributed by atoms with Crippen LogP contribution in [0, 0.1) is 12.8 Å². The monoisotopic (exact) mass is 448 g/mol. The Bertz CT molecular complexity index is 1040. The normalized spacial score (nSPS) is 16.5. The van der Waals surface area contributed by atoms with Crippen molar-refractivity contribution < 1.29 is 23.9 Å². The third-order valence-electron chi connectivity index (χ3n) is 4.84. The molecular weight excluding hydrogens is 420 g/mol. The molecule has 0 spiro atoms. The summed E-state index contributed by atoms with van der Waals surface area (Å²) in [6.45, 7) is 10.4. The number of rotatable bonds is 8. The largest absolute Gasteiger partial charge is 0.463 e. The van der Waals surface area contributed by atoms with Crippen LogP contribution in [0.2, 0.25) is 0 Å². The fourth-order valence-corrected chi connectivity index (χ4v) is 4.53. The summed E-state index contributed by atoms with van der Waals surface area (Å²) in [7, 11) is 0. The Labute approximate surface area is 184 Å². The van der Waals surface area contributed by atoms with Crippen LogP contribution >= 0.6 is 11.3 Å². The van der Waals surface area contributed by atoms with Gasteiger partial charge in [0.25, 0.3) is 0 Å². The number of esters is 2. The maximum atomic E-state index is 12.7. The molecule has 31 heavy (non-hydrogen) atoms. The van der Waals surface area contributed by atoms with Gasteiger partial charge in [0.15, 0.2) is 0 Å². The van der Waals surface area contributed by atoms with Gasteiger partial charge in [-0.2, -0.15) is 5.10 Å². The SMILES string of the molecule is CCOC(=O)C1=C(COC(=O)c2cc3c(C)nn(CC(C)C)c3s2)NC(=O)N[C@H]1CC. The summed E-state index contributed by atoms with van der Waals surface area (Å²) in [5, 5.41) is 10.7. The van der Waals surface area contributed by atoms with Gasteiger partial charge in [0.2, 0.25) is 0 Å². The zero-order valence-corrected chi connectivity index (χ0v) is 19.2. The second-order valence-corrected chi connectivity index (χ2v) is 8.77. The molecule has 0 bridgehead atoms. The maximum absolute atomic E-state index is 12.7. The molecular formula is C21H28N4O5S. The van der Waals surface area contributed by atoms with E-state index in [1.807, 2.05) is 18.5 Å². The first-order valence-corrected chi connectivity index (χ1v) is 11.2. The molecule has 0 aromatic carbocycles.